The van der Waals surface area contributed by atoms with Crippen LogP contribution in [0.5, 0.6) is 0 Å². The molecule has 1 aliphatic rings. The molecule has 1 saturated carbocycles. The van der Waals surface area contributed by atoms with Crippen LogP contribution in [0.25, 0.3) is 0 Å². The molecular weight excluding hydrogens is 425 g/mol. The van der Waals surface area contributed by atoms with E-state index in [0.29, 0.717) is 18.0 Å². The van der Waals surface area contributed by atoms with Crippen LogP contribution in [0, 0.1) is 5.41 Å². The van der Waals surface area contributed by atoms with Gasteiger partial charge in [0.2, 0.25) is 0 Å². The van der Waals surface area contributed by atoms with Gasteiger partial charge in [0.1, 0.15) is 5.82 Å². The number of hydrogen-bond donors (Lipinski definition) is 2. The molecule has 0 amide bonds. The van der Waals surface area contributed by atoms with Gasteiger partial charge in [0.05, 0.1) is 12.2 Å². The zero-order valence-electron chi connectivity index (χ0n) is 16.3. The number of nitrogens with zero attached hydrogens (tertiary/aromatic N) is 3. The SMILES string of the molecule is CCNC(=NCc1cccc(N(C)C)n1)NC1CCC(C)(C)CC1.I. The van der Waals surface area contributed by atoms with E-state index in [9.17, 15) is 0 Å². The lowest BCUT2D eigenvalue weighted by Crippen LogP contribution is -2.45. The Bertz CT molecular complexity index is 547. The largest absolute Gasteiger partial charge is 0.363 e. The van der Waals surface area contributed by atoms with Crippen molar-refractivity contribution < 1.29 is 0 Å². The molecule has 25 heavy (non-hydrogen) atoms. The molecule has 0 bridgehead atoms. The first-order valence-electron chi connectivity index (χ1n) is 9.08. The van der Waals surface area contributed by atoms with Crippen LogP contribution in [0.4, 0.5) is 5.82 Å². The maximum absolute atomic E-state index is 4.73. The summed E-state index contributed by atoms with van der Waals surface area (Å²) in [6, 6.07) is 6.61. The molecule has 1 aromatic heterocycles. The molecule has 0 aromatic carbocycles. The molecule has 2 N–H and O–H groups in total. The summed E-state index contributed by atoms with van der Waals surface area (Å²) in [4.78, 5) is 11.4. The van der Waals surface area contributed by atoms with Crippen LogP contribution in [0.2, 0.25) is 0 Å². The second-order valence-electron chi connectivity index (χ2n) is 7.66. The highest BCUT2D eigenvalue weighted by atomic mass is 127. The van der Waals surface area contributed by atoms with Crippen molar-refractivity contribution >= 4 is 35.8 Å². The Morgan fingerprint density at radius 1 is 1.28 bits per heavy atom. The van der Waals surface area contributed by atoms with Gasteiger partial charge in [-0.25, -0.2) is 9.98 Å². The van der Waals surface area contributed by atoms with Crippen molar-refractivity contribution in [1.82, 2.24) is 15.6 Å². The summed E-state index contributed by atoms with van der Waals surface area (Å²) >= 11 is 0. The van der Waals surface area contributed by atoms with Gasteiger partial charge >= 0.3 is 0 Å². The zero-order chi connectivity index (χ0) is 17.6. The van der Waals surface area contributed by atoms with Crippen molar-refractivity contribution in [1.29, 1.82) is 0 Å². The topological polar surface area (TPSA) is 52.6 Å². The number of nitrogens with one attached hydrogen (secondary N) is 2. The summed E-state index contributed by atoms with van der Waals surface area (Å²) in [5.74, 6) is 1.87. The second kappa shape index (κ2) is 10.2. The summed E-state index contributed by atoms with van der Waals surface area (Å²) in [5.41, 5.74) is 1.48. The number of anilines is 1. The molecule has 1 aromatic rings. The second-order valence-corrected chi connectivity index (χ2v) is 7.66. The Balaban J connectivity index is 0.00000312. The standard InChI is InChI=1S/C19H33N5.HI/c1-6-20-18(23-15-10-12-19(2,3)13-11-15)21-14-16-8-7-9-17(22-16)24(4)5;/h7-9,15H,6,10-14H2,1-5H3,(H2,20,21,23);1H. The Morgan fingerprint density at radius 2 is 1.96 bits per heavy atom. The fraction of sp³-hybridized carbons (Fsp3) is 0.684. The summed E-state index contributed by atoms with van der Waals surface area (Å²) in [7, 11) is 4.01. The Hall–Kier alpha value is -1.05. The minimum Gasteiger partial charge on any atom is -0.363 e. The highest BCUT2D eigenvalue weighted by molar-refractivity contribution is 14.0. The molecule has 0 atom stereocenters. The lowest BCUT2D eigenvalue weighted by molar-refractivity contribution is 0.216. The highest BCUT2D eigenvalue weighted by Crippen LogP contribution is 2.34. The van der Waals surface area contributed by atoms with Gasteiger partial charge in [-0.2, -0.15) is 0 Å². The van der Waals surface area contributed by atoms with Gasteiger partial charge in [0, 0.05) is 26.7 Å². The van der Waals surface area contributed by atoms with Gasteiger partial charge in [-0.15, -0.1) is 24.0 Å². The van der Waals surface area contributed by atoms with Crippen LogP contribution >= 0.6 is 24.0 Å². The molecule has 0 spiro atoms. The number of guanidine groups is 1. The fourth-order valence-electron chi connectivity index (χ4n) is 3.02. The Kier molecular flexibility index (Phi) is 8.96. The van der Waals surface area contributed by atoms with Crippen molar-refractivity contribution in [3.63, 3.8) is 0 Å². The number of pyridine rings is 1. The first-order chi connectivity index (χ1) is 11.4. The number of rotatable bonds is 5. The molecule has 2 rings (SSSR count). The van der Waals surface area contributed by atoms with E-state index in [0.717, 1.165) is 24.0 Å². The van der Waals surface area contributed by atoms with Crippen molar-refractivity contribution in [2.24, 2.45) is 10.4 Å². The molecule has 0 aliphatic heterocycles. The van der Waals surface area contributed by atoms with Crippen LogP contribution in [0.3, 0.4) is 0 Å². The van der Waals surface area contributed by atoms with Gasteiger partial charge in [-0.05, 0) is 50.2 Å². The van der Waals surface area contributed by atoms with Gasteiger partial charge < -0.3 is 15.5 Å². The molecule has 6 heteroatoms. The molecule has 1 fully saturated rings. The average Bonchev–Trinajstić information content (AvgIpc) is 2.55. The molecule has 0 unspecified atom stereocenters. The lowest BCUT2D eigenvalue weighted by atomic mass is 9.75. The van der Waals surface area contributed by atoms with Crippen LogP contribution < -0.4 is 15.5 Å². The molecule has 1 heterocycles. The van der Waals surface area contributed by atoms with E-state index in [4.69, 9.17) is 4.99 Å². The number of hydrogen-bond acceptors (Lipinski definition) is 3. The van der Waals surface area contributed by atoms with E-state index in [1.165, 1.54) is 25.7 Å². The van der Waals surface area contributed by atoms with Crippen LogP contribution in [-0.4, -0.2) is 37.6 Å². The predicted molar refractivity (Wildman–Crippen MR) is 118 cm³/mol. The minimum absolute atomic E-state index is 0. The third-order valence-electron chi connectivity index (χ3n) is 4.67. The zero-order valence-corrected chi connectivity index (χ0v) is 18.6. The minimum atomic E-state index is 0. The van der Waals surface area contributed by atoms with Crippen molar-refractivity contribution in [3.8, 4) is 0 Å². The van der Waals surface area contributed by atoms with Crippen molar-refractivity contribution in [2.45, 2.75) is 59.0 Å². The molecule has 0 radical (unpaired) electrons. The number of aromatic nitrogens is 1. The summed E-state index contributed by atoms with van der Waals surface area (Å²) in [6.07, 6.45) is 4.98. The van der Waals surface area contributed by atoms with Crippen molar-refractivity contribution in [3.05, 3.63) is 23.9 Å². The molecule has 5 nitrogen and oxygen atoms in total. The van der Waals surface area contributed by atoms with Gasteiger partial charge in [0.25, 0.3) is 0 Å². The molecular formula is C19H34IN5. The van der Waals surface area contributed by atoms with E-state index < -0.39 is 0 Å². The third kappa shape index (κ3) is 7.38. The van der Waals surface area contributed by atoms with Crippen molar-refractivity contribution in [2.75, 3.05) is 25.5 Å². The summed E-state index contributed by atoms with van der Waals surface area (Å²) in [6.45, 7) is 8.30. The smallest absolute Gasteiger partial charge is 0.191 e. The van der Waals surface area contributed by atoms with Crippen LogP contribution in [0.1, 0.15) is 52.1 Å². The quantitative estimate of drug-likeness (QED) is 0.400. The monoisotopic (exact) mass is 459 g/mol. The summed E-state index contributed by atoms with van der Waals surface area (Å²) < 4.78 is 0. The Labute approximate surface area is 170 Å². The summed E-state index contributed by atoms with van der Waals surface area (Å²) in [5, 5.41) is 6.96. The van der Waals surface area contributed by atoms with Gasteiger partial charge in [0.15, 0.2) is 5.96 Å². The first kappa shape index (κ1) is 22.0. The molecule has 0 saturated heterocycles. The van der Waals surface area contributed by atoms with Crippen LogP contribution in [0.15, 0.2) is 23.2 Å². The number of aliphatic imine (C=N–C) groups is 1. The average molecular weight is 459 g/mol. The lowest BCUT2D eigenvalue weighted by Gasteiger charge is -2.35. The van der Waals surface area contributed by atoms with E-state index >= 15 is 0 Å². The molecule has 1 aliphatic carbocycles. The third-order valence-corrected chi connectivity index (χ3v) is 4.67. The maximum atomic E-state index is 4.73. The normalized spacial score (nSPS) is 17.6. The molecule has 142 valence electrons. The maximum Gasteiger partial charge on any atom is 0.191 e. The van der Waals surface area contributed by atoms with E-state index in [1.807, 2.05) is 37.2 Å². The first-order valence-corrected chi connectivity index (χ1v) is 9.08. The van der Waals surface area contributed by atoms with Gasteiger partial charge in [-0.3, -0.25) is 0 Å². The van der Waals surface area contributed by atoms with Gasteiger partial charge in [-0.1, -0.05) is 19.9 Å². The van der Waals surface area contributed by atoms with E-state index in [2.05, 4.69) is 36.4 Å². The number of halogens is 1. The van der Waals surface area contributed by atoms with Crippen LogP contribution in [-0.2, 0) is 6.54 Å². The fourth-order valence-corrected chi connectivity index (χ4v) is 3.02. The van der Waals surface area contributed by atoms with E-state index in [1.54, 1.807) is 0 Å². The van der Waals surface area contributed by atoms with E-state index in [-0.39, 0.29) is 24.0 Å². The highest BCUT2D eigenvalue weighted by Gasteiger charge is 2.27. The predicted octanol–water partition coefficient (Wildman–Crippen LogP) is 3.79. The Morgan fingerprint density at radius 3 is 2.56 bits per heavy atom.